The third kappa shape index (κ3) is 3.63. The molecule has 1 aromatic rings. The van der Waals surface area contributed by atoms with Crippen molar-refractivity contribution in [2.75, 3.05) is 27.8 Å². The molecule has 0 saturated carbocycles. The molecule has 2 N–H and O–H groups in total. The number of nitrogens with two attached hydrogens (primary N) is 1. The van der Waals surface area contributed by atoms with Crippen molar-refractivity contribution in [2.45, 2.75) is 20.4 Å². The maximum atomic E-state index is 12.1. The number of carbonyl (C=O) groups is 1. The minimum Gasteiger partial charge on any atom is -0.493 e. The lowest BCUT2D eigenvalue weighted by Gasteiger charge is -2.22. The van der Waals surface area contributed by atoms with E-state index in [1.807, 2.05) is 26.0 Å². The van der Waals surface area contributed by atoms with E-state index in [0.717, 1.165) is 11.1 Å². The molecule has 20 heavy (non-hydrogen) atoms. The van der Waals surface area contributed by atoms with Gasteiger partial charge < -0.3 is 20.1 Å². The number of nitrogens with zero attached hydrogens (tertiary/aromatic N) is 1. The van der Waals surface area contributed by atoms with Crippen LogP contribution in [0.4, 0.5) is 0 Å². The van der Waals surface area contributed by atoms with Crippen molar-refractivity contribution in [3.63, 3.8) is 0 Å². The molecule has 0 aromatic heterocycles. The summed E-state index contributed by atoms with van der Waals surface area (Å²) in [5.74, 6) is 1.24. The van der Waals surface area contributed by atoms with Crippen LogP contribution in [-0.2, 0) is 11.3 Å². The van der Waals surface area contributed by atoms with Crippen LogP contribution in [0.2, 0.25) is 0 Å². The molecule has 1 unspecified atom stereocenters. The third-order valence-corrected chi connectivity index (χ3v) is 3.40. The molecule has 1 rings (SSSR count). The second-order valence-corrected chi connectivity index (χ2v) is 4.96. The van der Waals surface area contributed by atoms with Crippen LogP contribution in [0, 0.1) is 12.8 Å². The Hall–Kier alpha value is -1.75. The molecule has 5 nitrogen and oxygen atoms in total. The molecule has 112 valence electrons. The van der Waals surface area contributed by atoms with Gasteiger partial charge in [-0.05, 0) is 30.2 Å². The van der Waals surface area contributed by atoms with E-state index in [1.54, 1.807) is 26.2 Å². The van der Waals surface area contributed by atoms with Crippen LogP contribution in [0.3, 0.4) is 0 Å². The fraction of sp³-hybridized carbons (Fsp3) is 0.533. The van der Waals surface area contributed by atoms with Crippen molar-refractivity contribution in [1.82, 2.24) is 4.90 Å². The summed E-state index contributed by atoms with van der Waals surface area (Å²) in [6.07, 6.45) is 0. The lowest BCUT2D eigenvalue weighted by molar-refractivity contribution is -0.133. The molecule has 1 aromatic carbocycles. The van der Waals surface area contributed by atoms with E-state index in [-0.39, 0.29) is 11.8 Å². The highest BCUT2D eigenvalue weighted by Gasteiger charge is 2.17. The van der Waals surface area contributed by atoms with E-state index in [9.17, 15) is 4.79 Å². The average molecular weight is 280 g/mol. The Labute approximate surface area is 120 Å². The molecule has 0 spiro atoms. The van der Waals surface area contributed by atoms with Gasteiger partial charge in [0.1, 0.15) is 0 Å². The van der Waals surface area contributed by atoms with Gasteiger partial charge in [0.2, 0.25) is 5.91 Å². The van der Waals surface area contributed by atoms with Gasteiger partial charge in [0.25, 0.3) is 0 Å². The first-order valence-electron chi connectivity index (χ1n) is 6.61. The van der Waals surface area contributed by atoms with E-state index < -0.39 is 0 Å². The van der Waals surface area contributed by atoms with Gasteiger partial charge in [0.05, 0.1) is 14.2 Å². The predicted molar refractivity (Wildman–Crippen MR) is 79.0 cm³/mol. The van der Waals surface area contributed by atoms with Gasteiger partial charge in [0.15, 0.2) is 11.5 Å². The summed E-state index contributed by atoms with van der Waals surface area (Å²) in [6.45, 7) is 4.70. The molecule has 0 bridgehead atoms. The molecule has 5 heteroatoms. The minimum absolute atomic E-state index is 0.0432. The molecule has 0 aliphatic carbocycles. The smallest absolute Gasteiger partial charge is 0.226 e. The number of aryl methyl sites for hydroxylation is 1. The number of carbonyl (C=O) groups excluding carboxylic acids is 1. The van der Waals surface area contributed by atoms with Gasteiger partial charge in [-0.15, -0.1) is 0 Å². The first kappa shape index (κ1) is 16.3. The lowest BCUT2D eigenvalue weighted by Crippen LogP contribution is -2.34. The van der Waals surface area contributed by atoms with Crippen molar-refractivity contribution < 1.29 is 14.3 Å². The van der Waals surface area contributed by atoms with Crippen molar-refractivity contribution in [1.29, 1.82) is 0 Å². The molecule has 0 radical (unpaired) electrons. The zero-order valence-corrected chi connectivity index (χ0v) is 12.9. The minimum atomic E-state index is -0.166. The summed E-state index contributed by atoms with van der Waals surface area (Å²) >= 11 is 0. The third-order valence-electron chi connectivity index (χ3n) is 3.40. The number of benzene rings is 1. The number of hydrogen-bond acceptors (Lipinski definition) is 4. The van der Waals surface area contributed by atoms with Gasteiger partial charge in [0, 0.05) is 26.1 Å². The summed E-state index contributed by atoms with van der Waals surface area (Å²) in [6, 6.07) is 3.82. The van der Waals surface area contributed by atoms with Crippen molar-refractivity contribution in [3.8, 4) is 11.5 Å². The van der Waals surface area contributed by atoms with Crippen LogP contribution in [0.1, 0.15) is 18.1 Å². The fourth-order valence-electron chi connectivity index (χ4n) is 2.00. The van der Waals surface area contributed by atoms with Crippen LogP contribution in [0.5, 0.6) is 11.5 Å². The zero-order valence-electron chi connectivity index (χ0n) is 12.9. The first-order chi connectivity index (χ1) is 9.44. The summed E-state index contributed by atoms with van der Waals surface area (Å²) in [4.78, 5) is 13.7. The van der Waals surface area contributed by atoms with Crippen molar-refractivity contribution >= 4 is 5.91 Å². The topological polar surface area (TPSA) is 64.8 Å². The summed E-state index contributed by atoms with van der Waals surface area (Å²) < 4.78 is 10.6. The summed E-state index contributed by atoms with van der Waals surface area (Å²) in [7, 11) is 4.99. The van der Waals surface area contributed by atoms with Gasteiger partial charge in [-0.25, -0.2) is 0 Å². The van der Waals surface area contributed by atoms with Crippen LogP contribution in [0.15, 0.2) is 12.1 Å². The Kier molecular flexibility index (Phi) is 5.82. The Morgan fingerprint density at radius 3 is 2.35 bits per heavy atom. The van der Waals surface area contributed by atoms with E-state index in [2.05, 4.69) is 0 Å². The van der Waals surface area contributed by atoms with Gasteiger partial charge in [-0.1, -0.05) is 6.92 Å². The molecular formula is C15H24N2O3. The molecule has 0 saturated heterocycles. The van der Waals surface area contributed by atoms with Crippen LogP contribution >= 0.6 is 0 Å². The summed E-state index contributed by atoms with van der Waals surface area (Å²) in [5.41, 5.74) is 7.62. The molecular weight excluding hydrogens is 256 g/mol. The standard InChI is InChI=1S/C15H24N2O3/c1-10-6-13(19-4)14(20-5)7-12(10)9-17(3)15(18)11(2)8-16/h6-7,11H,8-9,16H2,1-5H3. The number of ether oxygens (including phenoxy) is 2. The normalized spacial score (nSPS) is 11.9. The molecule has 0 heterocycles. The Morgan fingerprint density at radius 2 is 1.85 bits per heavy atom. The van der Waals surface area contributed by atoms with E-state index in [0.29, 0.717) is 24.6 Å². The number of amides is 1. The Balaban J connectivity index is 2.95. The van der Waals surface area contributed by atoms with E-state index >= 15 is 0 Å². The highest BCUT2D eigenvalue weighted by molar-refractivity contribution is 5.78. The van der Waals surface area contributed by atoms with Crippen LogP contribution in [-0.4, -0.2) is 38.6 Å². The van der Waals surface area contributed by atoms with Crippen molar-refractivity contribution in [2.24, 2.45) is 11.7 Å². The highest BCUT2D eigenvalue weighted by Crippen LogP contribution is 2.30. The number of hydrogen-bond donors (Lipinski definition) is 1. The predicted octanol–water partition coefficient (Wildman–Crippen LogP) is 1.57. The maximum Gasteiger partial charge on any atom is 0.226 e. The average Bonchev–Trinajstić information content (AvgIpc) is 2.46. The Bertz CT molecular complexity index is 474. The van der Waals surface area contributed by atoms with Gasteiger partial charge in [-0.2, -0.15) is 0 Å². The van der Waals surface area contributed by atoms with Gasteiger partial charge >= 0.3 is 0 Å². The monoisotopic (exact) mass is 280 g/mol. The quantitative estimate of drug-likeness (QED) is 0.859. The molecule has 1 amide bonds. The second kappa shape index (κ2) is 7.14. The first-order valence-corrected chi connectivity index (χ1v) is 6.61. The largest absolute Gasteiger partial charge is 0.493 e. The molecule has 0 aliphatic rings. The van der Waals surface area contributed by atoms with E-state index in [1.165, 1.54) is 0 Å². The molecule has 0 fully saturated rings. The zero-order chi connectivity index (χ0) is 15.3. The lowest BCUT2D eigenvalue weighted by atomic mass is 10.1. The van der Waals surface area contributed by atoms with E-state index in [4.69, 9.17) is 15.2 Å². The molecule has 1 atom stereocenters. The second-order valence-electron chi connectivity index (χ2n) is 4.96. The fourth-order valence-corrected chi connectivity index (χ4v) is 2.00. The number of rotatable bonds is 6. The van der Waals surface area contributed by atoms with Crippen LogP contribution < -0.4 is 15.2 Å². The number of methoxy groups -OCH3 is 2. The van der Waals surface area contributed by atoms with Gasteiger partial charge in [-0.3, -0.25) is 4.79 Å². The molecule has 0 aliphatic heterocycles. The van der Waals surface area contributed by atoms with Crippen molar-refractivity contribution in [3.05, 3.63) is 23.3 Å². The van der Waals surface area contributed by atoms with Crippen LogP contribution in [0.25, 0.3) is 0 Å². The SMILES string of the molecule is COc1cc(C)c(CN(C)C(=O)C(C)CN)cc1OC. The highest BCUT2D eigenvalue weighted by atomic mass is 16.5. The maximum absolute atomic E-state index is 12.1. The Morgan fingerprint density at radius 1 is 1.30 bits per heavy atom. The summed E-state index contributed by atoms with van der Waals surface area (Å²) in [5, 5.41) is 0.